The summed E-state index contributed by atoms with van der Waals surface area (Å²) < 4.78 is 5.95. The molecule has 5 unspecified atom stereocenters. The van der Waals surface area contributed by atoms with Crippen molar-refractivity contribution in [3.05, 3.63) is 0 Å². The van der Waals surface area contributed by atoms with E-state index in [1.165, 1.54) is 32.1 Å². The molecule has 2 nitrogen and oxygen atoms in total. The normalized spacial score (nSPS) is 41.4. The topological polar surface area (TPSA) is 21.3 Å². The molecule has 2 heteroatoms. The Morgan fingerprint density at radius 2 is 1.79 bits per heavy atom. The van der Waals surface area contributed by atoms with Gasteiger partial charge in [-0.2, -0.15) is 0 Å². The van der Waals surface area contributed by atoms with Crippen LogP contribution in [0.25, 0.3) is 0 Å². The molecule has 0 bridgehead atoms. The highest BCUT2D eigenvalue weighted by Crippen LogP contribution is 2.39. The standard InChI is InChI=1S/C17H33NO/c1-5-16-15(7-8-19-16)17(18-6-2)14-10-12(3)9-13(4)11-14/h12-18H,5-11H2,1-4H3. The van der Waals surface area contributed by atoms with E-state index in [0.29, 0.717) is 12.1 Å². The van der Waals surface area contributed by atoms with Crippen LogP contribution in [0.2, 0.25) is 0 Å². The Morgan fingerprint density at radius 3 is 2.37 bits per heavy atom. The van der Waals surface area contributed by atoms with Crippen LogP contribution in [-0.4, -0.2) is 25.3 Å². The summed E-state index contributed by atoms with van der Waals surface area (Å²) in [4.78, 5) is 0. The Bertz CT molecular complexity index is 258. The highest BCUT2D eigenvalue weighted by molar-refractivity contribution is 4.92. The number of nitrogens with one attached hydrogen (secondary N) is 1. The molecule has 0 aromatic rings. The fraction of sp³-hybridized carbons (Fsp3) is 1.00. The van der Waals surface area contributed by atoms with E-state index >= 15 is 0 Å². The van der Waals surface area contributed by atoms with Crippen LogP contribution in [-0.2, 0) is 4.74 Å². The van der Waals surface area contributed by atoms with Crippen molar-refractivity contribution in [3.63, 3.8) is 0 Å². The van der Waals surface area contributed by atoms with Crippen molar-refractivity contribution in [1.29, 1.82) is 0 Å². The third-order valence-corrected chi connectivity index (χ3v) is 5.29. The molecular formula is C17H33NO. The predicted molar refractivity (Wildman–Crippen MR) is 81.3 cm³/mol. The third kappa shape index (κ3) is 3.72. The quantitative estimate of drug-likeness (QED) is 0.817. The van der Waals surface area contributed by atoms with Gasteiger partial charge in [0.2, 0.25) is 0 Å². The van der Waals surface area contributed by atoms with Crippen LogP contribution in [0, 0.1) is 23.7 Å². The van der Waals surface area contributed by atoms with Gasteiger partial charge in [-0.25, -0.2) is 0 Å². The molecule has 1 aliphatic heterocycles. The van der Waals surface area contributed by atoms with E-state index in [2.05, 4.69) is 33.0 Å². The van der Waals surface area contributed by atoms with Crippen LogP contribution in [0.5, 0.6) is 0 Å². The Labute approximate surface area is 119 Å². The van der Waals surface area contributed by atoms with Crippen molar-refractivity contribution in [2.45, 2.75) is 71.9 Å². The summed E-state index contributed by atoms with van der Waals surface area (Å²) in [6, 6.07) is 0.683. The first-order valence-electron chi connectivity index (χ1n) is 8.50. The Hall–Kier alpha value is -0.0800. The summed E-state index contributed by atoms with van der Waals surface area (Å²) in [6.07, 6.45) is 7.17. The van der Waals surface area contributed by atoms with E-state index in [0.717, 1.165) is 36.8 Å². The van der Waals surface area contributed by atoms with Crippen molar-refractivity contribution in [2.75, 3.05) is 13.2 Å². The van der Waals surface area contributed by atoms with Crippen LogP contribution in [0.4, 0.5) is 0 Å². The molecule has 0 spiro atoms. The number of rotatable bonds is 5. The monoisotopic (exact) mass is 267 g/mol. The second kappa shape index (κ2) is 7.08. The second-order valence-electron chi connectivity index (χ2n) is 7.03. The fourth-order valence-corrected chi connectivity index (χ4v) is 4.70. The van der Waals surface area contributed by atoms with E-state index in [4.69, 9.17) is 4.74 Å². The molecule has 2 rings (SSSR count). The maximum absolute atomic E-state index is 5.95. The van der Waals surface area contributed by atoms with Crippen molar-refractivity contribution in [2.24, 2.45) is 23.7 Å². The van der Waals surface area contributed by atoms with Gasteiger partial charge in [-0.05, 0) is 56.4 Å². The Balaban J connectivity index is 2.05. The van der Waals surface area contributed by atoms with Gasteiger partial charge in [-0.1, -0.05) is 27.7 Å². The molecule has 2 aliphatic rings. The molecule has 1 saturated heterocycles. The molecule has 1 N–H and O–H groups in total. The molecule has 0 aromatic carbocycles. The summed E-state index contributed by atoms with van der Waals surface area (Å²) in [5, 5.41) is 3.82. The molecule has 2 fully saturated rings. The van der Waals surface area contributed by atoms with Crippen LogP contribution in [0.3, 0.4) is 0 Å². The average Bonchev–Trinajstić information content (AvgIpc) is 2.82. The minimum atomic E-state index is 0.497. The highest BCUT2D eigenvalue weighted by atomic mass is 16.5. The summed E-state index contributed by atoms with van der Waals surface area (Å²) >= 11 is 0. The maximum atomic E-state index is 5.95. The zero-order chi connectivity index (χ0) is 13.8. The van der Waals surface area contributed by atoms with E-state index in [1.807, 2.05) is 0 Å². The molecular weight excluding hydrogens is 234 g/mol. The molecule has 1 heterocycles. The van der Waals surface area contributed by atoms with Crippen molar-refractivity contribution >= 4 is 0 Å². The lowest BCUT2D eigenvalue weighted by atomic mass is 9.70. The number of ether oxygens (including phenoxy) is 1. The van der Waals surface area contributed by atoms with Gasteiger partial charge < -0.3 is 10.1 Å². The number of hydrogen-bond acceptors (Lipinski definition) is 2. The van der Waals surface area contributed by atoms with Crippen LogP contribution < -0.4 is 5.32 Å². The van der Waals surface area contributed by atoms with Crippen LogP contribution >= 0.6 is 0 Å². The smallest absolute Gasteiger partial charge is 0.0616 e. The molecule has 19 heavy (non-hydrogen) atoms. The largest absolute Gasteiger partial charge is 0.378 e. The van der Waals surface area contributed by atoms with Gasteiger partial charge >= 0.3 is 0 Å². The van der Waals surface area contributed by atoms with Gasteiger partial charge in [-0.15, -0.1) is 0 Å². The van der Waals surface area contributed by atoms with Gasteiger partial charge in [0.05, 0.1) is 6.10 Å². The van der Waals surface area contributed by atoms with Gasteiger partial charge in [0.1, 0.15) is 0 Å². The first-order chi connectivity index (χ1) is 9.15. The summed E-state index contributed by atoms with van der Waals surface area (Å²) in [7, 11) is 0. The lowest BCUT2D eigenvalue weighted by Crippen LogP contribution is -2.47. The minimum Gasteiger partial charge on any atom is -0.378 e. The molecule has 112 valence electrons. The van der Waals surface area contributed by atoms with Crippen molar-refractivity contribution in [3.8, 4) is 0 Å². The predicted octanol–water partition coefficient (Wildman–Crippen LogP) is 3.85. The third-order valence-electron chi connectivity index (χ3n) is 5.29. The van der Waals surface area contributed by atoms with Gasteiger partial charge in [0.25, 0.3) is 0 Å². The first-order valence-corrected chi connectivity index (χ1v) is 8.50. The van der Waals surface area contributed by atoms with Gasteiger partial charge in [0, 0.05) is 18.6 Å². The zero-order valence-corrected chi connectivity index (χ0v) is 13.3. The minimum absolute atomic E-state index is 0.497. The zero-order valence-electron chi connectivity index (χ0n) is 13.3. The lowest BCUT2D eigenvalue weighted by molar-refractivity contribution is 0.0577. The average molecular weight is 267 g/mol. The Morgan fingerprint density at radius 1 is 1.11 bits per heavy atom. The summed E-state index contributed by atoms with van der Waals surface area (Å²) in [5.41, 5.74) is 0. The van der Waals surface area contributed by atoms with E-state index in [-0.39, 0.29) is 0 Å². The fourth-order valence-electron chi connectivity index (χ4n) is 4.70. The van der Waals surface area contributed by atoms with Crippen molar-refractivity contribution in [1.82, 2.24) is 5.32 Å². The van der Waals surface area contributed by atoms with Gasteiger partial charge in [0.15, 0.2) is 0 Å². The SMILES string of the molecule is CCNC(C1CC(C)CC(C)C1)C1CCOC1CC. The first kappa shape index (κ1) is 15.3. The summed E-state index contributed by atoms with van der Waals surface area (Å²) in [6.45, 7) is 11.5. The highest BCUT2D eigenvalue weighted by Gasteiger charge is 2.39. The van der Waals surface area contributed by atoms with Crippen LogP contribution in [0.15, 0.2) is 0 Å². The Kier molecular flexibility index (Phi) is 5.70. The number of hydrogen-bond donors (Lipinski definition) is 1. The lowest BCUT2D eigenvalue weighted by Gasteiger charge is -2.40. The van der Waals surface area contributed by atoms with Crippen LogP contribution in [0.1, 0.15) is 59.8 Å². The molecule has 1 saturated carbocycles. The molecule has 5 atom stereocenters. The van der Waals surface area contributed by atoms with E-state index < -0.39 is 0 Å². The van der Waals surface area contributed by atoms with Gasteiger partial charge in [-0.3, -0.25) is 0 Å². The van der Waals surface area contributed by atoms with Crippen molar-refractivity contribution < 1.29 is 4.74 Å². The maximum Gasteiger partial charge on any atom is 0.0616 e. The second-order valence-corrected chi connectivity index (χ2v) is 7.03. The van der Waals surface area contributed by atoms with E-state index in [9.17, 15) is 0 Å². The van der Waals surface area contributed by atoms with E-state index in [1.54, 1.807) is 0 Å². The molecule has 1 aliphatic carbocycles. The molecule has 0 amide bonds. The molecule has 0 aromatic heterocycles. The molecule has 0 radical (unpaired) electrons. The summed E-state index contributed by atoms with van der Waals surface area (Å²) in [5.74, 6) is 3.40.